The number of rotatable bonds is 4. The lowest BCUT2D eigenvalue weighted by atomic mass is 10.2. The molecule has 1 unspecified atom stereocenters. The molecular weight excluding hydrogens is 310 g/mol. The SMILES string of the molecule is Cc1noc(C)c1C(=O)N1CCC(Oc2ccc(N(C)C)nn2)C1. The number of likely N-dealkylation sites (tertiary alicyclic amines) is 1. The maximum absolute atomic E-state index is 12.6. The minimum absolute atomic E-state index is 0.0635. The average Bonchev–Trinajstić information content (AvgIpc) is 3.14. The fraction of sp³-hybridized carbons (Fsp3) is 0.500. The zero-order valence-electron chi connectivity index (χ0n) is 14.3. The molecule has 1 fully saturated rings. The second kappa shape index (κ2) is 6.46. The van der Waals surface area contributed by atoms with Gasteiger partial charge in [-0.15, -0.1) is 10.2 Å². The van der Waals surface area contributed by atoms with Crippen LogP contribution in [-0.4, -0.2) is 59.4 Å². The average molecular weight is 331 g/mol. The Morgan fingerprint density at radius 2 is 2.12 bits per heavy atom. The first kappa shape index (κ1) is 16.2. The van der Waals surface area contributed by atoms with Crippen molar-refractivity contribution < 1.29 is 14.1 Å². The minimum Gasteiger partial charge on any atom is -0.471 e. The van der Waals surface area contributed by atoms with Crippen molar-refractivity contribution in [3.63, 3.8) is 0 Å². The number of carbonyl (C=O) groups excluding carboxylic acids is 1. The Labute approximate surface area is 140 Å². The smallest absolute Gasteiger partial charge is 0.259 e. The second-order valence-electron chi connectivity index (χ2n) is 6.10. The molecule has 0 aliphatic carbocycles. The molecule has 2 aromatic rings. The van der Waals surface area contributed by atoms with E-state index in [-0.39, 0.29) is 12.0 Å². The van der Waals surface area contributed by atoms with E-state index in [2.05, 4.69) is 15.4 Å². The summed E-state index contributed by atoms with van der Waals surface area (Å²) in [5, 5.41) is 12.0. The van der Waals surface area contributed by atoms with Gasteiger partial charge in [0.25, 0.3) is 5.91 Å². The van der Waals surface area contributed by atoms with Crippen LogP contribution in [0.3, 0.4) is 0 Å². The van der Waals surface area contributed by atoms with Gasteiger partial charge in [0.1, 0.15) is 17.4 Å². The highest BCUT2D eigenvalue weighted by Crippen LogP contribution is 2.21. The number of hydrogen-bond donors (Lipinski definition) is 0. The van der Waals surface area contributed by atoms with Gasteiger partial charge in [-0.3, -0.25) is 4.79 Å². The van der Waals surface area contributed by atoms with Crippen molar-refractivity contribution in [1.29, 1.82) is 0 Å². The molecule has 0 aromatic carbocycles. The van der Waals surface area contributed by atoms with Crippen LogP contribution in [0.15, 0.2) is 16.7 Å². The molecule has 1 aliphatic rings. The summed E-state index contributed by atoms with van der Waals surface area (Å²) in [6, 6.07) is 3.64. The summed E-state index contributed by atoms with van der Waals surface area (Å²) in [7, 11) is 3.80. The zero-order chi connectivity index (χ0) is 17.3. The van der Waals surface area contributed by atoms with Gasteiger partial charge in [-0.25, -0.2) is 0 Å². The first-order valence-corrected chi connectivity index (χ1v) is 7.85. The molecule has 0 spiro atoms. The Hall–Kier alpha value is -2.64. The summed E-state index contributed by atoms with van der Waals surface area (Å²) >= 11 is 0. The number of aryl methyl sites for hydroxylation is 2. The van der Waals surface area contributed by atoms with Crippen LogP contribution in [0, 0.1) is 13.8 Å². The highest BCUT2D eigenvalue weighted by Gasteiger charge is 2.31. The molecule has 2 aromatic heterocycles. The van der Waals surface area contributed by atoms with Gasteiger partial charge >= 0.3 is 0 Å². The van der Waals surface area contributed by atoms with Crippen LogP contribution >= 0.6 is 0 Å². The van der Waals surface area contributed by atoms with E-state index in [0.29, 0.717) is 36.0 Å². The largest absolute Gasteiger partial charge is 0.471 e. The summed E-state index contributed by atoms with van der Waals surface area (Å²) in [5.74, 6) is 1.72. The summed E-state index contributed by atoms with van der Waals surface area (Å²) in [5.41, 5.74) is 1.16. The molecule has 1 aliphatic heterocycles. The first-order chi connectivity index (χ1) is 11.5. The van der Waals surface area contributed by atoms with Gasteiger partial charge < -0.3 is 19.1 Å². The Morgan fingerprint density at radius 3 is 2.71 bits per heavy atom. The fourth-order valence-electron chi connectivity index (χ4n) is 2.74. The molecular formula is C16H21N5O3. The van der Waals surface area contributed by atoms with Crippen LogP contribution in [0.2, 0.25) is 0 Å². The standard InChI is InChI=1S/C16H21N5O3/c1-10-15(11(2)24-19-10)16(22)21-8-7-12(9-21)23-14-6-5-13(17-18-14)20(3)4/h5-6,12H,7-9H2,1-4H3. The van der Waals surface area contributed by atoms with E-state index in [1.807, 2.05) is 25.1 Å². The van der Waals surface area contributed by atoms with E-state index in [0.717, 1.165) is 12.2 Å². The van der Waals surface area contributed by atoms with Crippen LogP contribution in [0.4, 0.5) is 5.82 Å². The number of nitrogens with zero attached hydrogens (tertiary/aromatic N) is 5. The van der Waals surface area contributed by atoms with Gasteiger partial charge in [-0.1, -0.05) is 5.16 Å². The fourth-order valence-corrected chi connectivity index (χ4v) is 2.74. The van der Waals surface area contributed by atoms with Crippen LogP contribution in [0.1, 0.15) is 28.2 Å². The van der Waals surface area contributed by atoms with Crippen molar-refractivity contribution in [3.05, 3.63) is 29.2 Å². The van der Waals surface area contributed by atoms with Gasteiger partial charge in [-0.05, 0) is 19.9 Å². The predicted octanol–water partition coefficient (Wildman–Crippen LogP) is 1.44. The maximum Gasteiger partial charge on any atom is 0.259 e. The number of carbonyl (C=O) groups is 1. The maximum atomic E-state index is 12.6. The molecule has 8 nitrogen and oxygen atoms in total. The molecule has 1 amide bonds. The van der Waals surface area contributed by atoms with Crippen LogP contribution in [-0.2, 0) is 0 Å². The normalized spacial score (nSPS) is 17.2. The minimum atomic E-state index is -0.0890. The molecule has 3 heterocycles. The zero-order valence-corrected chi connectivity index (χ0v) is 14.3. The third kappa shape index (κ3) is 3.17. The number of hydrogen-bond acceptors (Lipinski definition) is 7. The Kier molecular flexibility index (Phi) is 4.37. The lowest BCUT2D eigenvalue weighted by Gasteiger charge is -2.17. The predicted molar refractivity (Wildman–Crippen MR) is 87.3 cm³/mol. The molecule has 24 heavy (non-hydrogen) atoms. The molecule has 1 atom stereocenters. The number of amides is 1. The van der Waals surface area contributed by atoms with Crippen molar-refractivity contribution in [1.82, 2.24) is 20.3 Å². The monoisotopic (exact) mass is 331 g/mol. The van der Waals surface area contributed by atoms with E-state index < -0.39 is 0 Å². The van der Waals surface area contributed by atoms with E-state index in [4.69, 9.17) is 9.26 Å². The Balaban J connectivity index is 1.62. The third-order valence-electron chi connectivity index (χ3n) is 4.05. The molecule has 0 N–H and O–H groups in total. The van der Waals surface area contributed by atoms with Gasteiger partial charge in [0.05, 0.1) is 12.2 Å². The summed E-state index contributed by atoms with van der Waals surface area (Å²) < 4.78 is 10.9. The van der Waals surface area contributed by atoms with Gasteiger partial charge in [0.2, 0.25) is 5.88 Å². The van der Waals surface area contributed by atoms with E-state index >= 15 is 0 Å². The van der Waals surface area contributed by atoms with Crippen LogP contribution in [0.5, 0.6) is 5.88 Å². The van der Waals surface area contributed by atoms with Crippen LogP contribution < -0.4 is 9.64 Å². The summed E-state index contributed by atoms with van der Waals surface area (Å²) in [6.45, 7) is 4.67. The van der Waals surface area contributed by atoms with Crippen LogP contribution in [0.25, 0.3) is 0 Å². The molecule has 0 saturated carbocycles. The van der Waals surface area contributed by atoms with Crippen molar-refractivity contribution in [2.24, 2.45) is 0 Å². The second-order valence-corrected chi connectivity index (χ2v) is 6.10. The Bertz CT molecular complexity index is 706. The lowest BCUT2D eigenvalue weighted by molar-refractivity contribution is 0.0768. The van der Waals surface area contributed by atoms with Gasteiger partial charge in [-0.2, -0.15) is 0 Å². The highest BCUT2D eigenvalue weighted by molar-refractivity contribution is 5.96. The molecule has 128 valence electrons. The third-order valence-corrected chi connectivity index (χ3v) is 4.05. The van der Waals surface area contributed by atoms with Gasteiger partial charge in [0, 0.05) is 33.1 Å². The summed E-state index contributed by atoms with van der Waals surface area (Å²) in [4.78, 5) is 16.2. The Morgan fingerprint density at radius 1 is 1.33 bits per heavy atom. The number of anilines is 1. The van der Waals surface area contributed by atoms with E-state index in [1.165, 1.54) is 0 Å². The van der Waals surface area contributed by atoms with Crippen molar-refractivity contribution in [2.45, 2.75) is 26.4 Å². The van der Waals surface area contributed by atoms with E-state index in [9.17, 15) is 4.79 Å². The molecule has 0 radical (unpaired) electrons. The van der Waals surface area contributed by atoms with Crippen molar-refractivity contribution in [2.75, 3.05) is 32.1 Å². The first-order valence-electron chi connectivity index (χ1n) is 7.85. The molecule has 1 saturated heterocycles. The lowest BCUT2D eigenvalue weighted by Crippen LogP contribution is -2.31. The summed E-state index contributed by atoms with van der Waals surface area (Å²) in [6.07, 6.45) is 0.667. The van der Waals surface area contributed by atoms with Crippen molar-refractivity contribution in [3.8, 4) is 5.88 Å². The number of ether oxygens (including phenoxy) is 1. The quantitative estimate of drug-likeness (QED) is 0.838. The molecule has 3 rings (SSSR count). The van der Waals surface area contributed by atoms with E-state index in [1.54, 1.807) is 24.8 Å². The highest BCUT2D eigenvalue weighted by atomic mass is 16.5. The van der Waals surface area contributed by atoms with Gasteiger partial charge in [0.15, 0.2) is 5.82 Å². The van der Waals surface area contributed by atoms with Crippen molar-refractivity contribution >= 4 is 11.7 Å². The number of aromatic nitrogens is 3. The molecule has 8 heteroatoms. The topological polar surface area (TPSA) is 84.6 Å². The molecule has 0 bridgehead atoms.